The van der Waals surface area contributed by atoms with E-state index in [4.69, 9.17) is 11.6 Å². The summed E-state index contributed by atoms with van der Waals surface area (Å²) in [7, 11) is 0. The quantitative estimate of drug-likeness (QED) is 0.831. The van der Waals surface area contributed by atoms with E-state index >= 15 is 0 Å². The van der Waals surface area contributed by atoms with Gasteiger partial charge in [0.15, 0.2) is 0 Å². The molecule has 1 aromatic rings. The molecular formula is C19H25ClN4O. The number of benzene rings is 1. The standard InChI is InChI=1S/C19H25ClN4O/c1-15-4-2-3-7-24(15)19(25)14-22-8-10-23(11-9-22)18-6-5-17(20)12-16(18)13-21/h5-6,12,15H,2-4,7-11,14H2,1H3. The molecule has 134 valence electrons. The highest BCUT2D eigenvalue weighted by atomic mass is 35.5. The maximum absolute atomic E-state index is 12.6. The molecule has 0 radical (unpaired) electrons. The van der Waals surface area contributed by atoms with Gasteiger partial charge in [0.25, 0.3) is 0 Å². The highest BCUT2D eigenvalue weighted by Crippen LogP contribution is 2.25. The molecule has 2 aliphatic heterocycles. The number of carbonyl (C=O) groups excluding carboxylic acids is 1. The predicted molar refractivity (Wildman–Crippen MR) is 99.8 cm³/mol. The van der Waals surface area contributed by atoms with Gasteiger partial charge < -0.3 is 9.80 Å². The van der Waals surface area contributed by atoms with Crippen LogP contribution in [0.3, 0.4) is 0 Å². The van der Waals surface area contributed by atoms with Crippen LogP contribution in [0, 0.1) is 11.3 Å². The molecule has 3 rings (SSSR count). The minimum absolute atomic E-state index is 0.254. The van der Waals surface area contributed by atoms with Gasteiger partial charge in [-0.1, -0.05) is 11.6 Å². The third kappa shape index (κ3) is 4.26. The van der Waals surface area contributed by atoms with Crippen molar-refractivity contribution in [3.05, 3.63) is 28.8 Å². The van der Waals surface area contributed by atoms with Gasteiger partial charge in [0.2, 0.25) is 5.91 Å². The second-order valence-electron chi connectivity index (χ2n) is 6.97. The van der Waals surface area contributed by atoms with Crippen LogP contribution in [0.25, 0.3) is 0 Å². The lowest BCUT2D eigenvalue weighted by Crippen LogP contribution is -2.52. The number of piperazine rings is 1. The third-order valence-electron chi connectivity index (χ3n) is 5.27. The van der Waals surface area contributed by atoms with Crippen LogP contribution in [-0.2, 0) is 4.79 Å². The number of nitriles is 1. The van der Waals surface area contributed by atoms with Gasteiger partial charge in [-0.15, -0.1) is 0 Å². The molecule has 0 aromatic heterocycles. The average molecular weight is 361 g/mol. The van der Waals surface area contributed by atoms with E-state index in [9.17, 15) is 10.1 Å². The minimum atomic E-state index is 0.254. The van der Waals surface area contributed by atoms with E-state index in [2.05, 4.69) is 22.8 Å². The monoisotopic (exact) mass is 360 g/mol. The highest BCUT2D eigenvalue weighted by Gasteiger charge is 2.26. The Balaban J connectivity index is 1.55. The summed E-state index contributed by atoms with van der Waals surface area (Å²) in [4.78, 5) is 19.1. The van der Waals surface area contributed by atoms with Crippen LogP contribution in [-0.4, -0.2) is 61.0 Å². The summed E-state index contributed by atoms with van der Waals surface area (Å²) in [6, 6.07) is 8.05. The Morgan fingerprint density at radius 1 is 1.24 bits per heavy atom. The fourth-order valence-electron chi connectivity index (χ4n) is 3.77. The second kappa shape index (κ2) is 8.07. The molecule has 1 atom stereocenters. The van der Waals surface area contributed by atoms with Crippen molar-refractivity contribution < 1.29 is 4.79 Å². The summed E-state index contributed by atoms with van der Waals surface area (Å²) in [5.41, 5.74) is 1.54. The van der Waals surface area contributed by atoms with Crippen molar-refractivity contribution in [3.8, 4) is 6.07 Å². The first-order valence-corrected chi connectivity index (χ1v) is 9.42. The molecule has 0 spiro atoms. The smallest absolute Gasteiger partial charge is 0.236 e. The molecule has 2 aliphatic rings. The van der Waals surface area contributed by atoms with Gasteiger partial charge in [-0.25, -0.2) is 0 Å². The summed E-state index contributed by atoms with van der Waals surface area (Å²) < 4.78 is 0. The Hall–Kier alpha value is -1.77. The zero-order valence-corrected chi connectivity index (χ0v) is 15.5. The SMILES string of the molecule is CC1CCCCN1C(=O)CN1CCN(c2ccc(Cl)cc2C#N)CC1. The molecule has 0 N–H and O–H groups in total. The van der Waals surface area contributed by atoms with E-state index < -0.39 is 0 Å². The van der Waals surface area contributed by atoms with Crippen LogP contribution in [0.15, 0.2) is 18.2 Å². The molecule has 6 heteroatoms. The van der Waals surface area contributed by atoms with Gasteiger partial charge >= 0.3 is 0 Å². The molecule has 2 heterocycles. The van der Waals surface area contributed by atoms with Crippen LogP contribution in [0.2, 0.25) is 5.02 Å². The predicted octanol–water partition coefficient (Wildman–Crippen LogP) is 2.73. The Morgan fingerprint density at radius 2 is 2.00 bits per heavy atom. The van der Waals surface area contributed by atoms with Gasteiger partial charge in [-0.2, -0.15) is 5.26 Å². The zero-order chi connectivity index (χ0) is 17.8. The zero-order valence-electron chi connectivity index (χ0n) is 14.7. The van der Waals surface area contributed by atoms with Crippen LogP contribution < -0.4 is 4.90 Å². The normalized spacial score (nSPS) is 21.9. The Kier molecular flexibility index (Phi) is 5.82. The van der Waals surface area contributed by atoms with Crippen molar-refractivity contribution in [1.82, 2.24) is 9.80 Å². The van der Waals surface area contributed by atoms with E-state index in [0.717, 1.165) is 51.3 Å². The first-order valence-electron chi connectivity index (χ1n) is 9.05. The number of hydrogen-bond donors (Lipinski definition) is 0. The van der Waals surface area contributed by atoms with E-state index in [1.165, 1.54) is 6.42 Å². The summed E-state index contributed by atoms with van der Waals surface area (Å²) >= 11 is 5.98. The lowest BCUT2D eigenvalue weighted by atomic mass is 10.0. The van der Waals surface area contributed by atoms with Crippen molar-refractivity contribution in [2.75, 3.05) is 44.2 Å². The van der Waals surface area contributed by atoms with Gasteiger partial charge in [-0.05, 0) is 44.4 Å². The first kappa shape index (κ1) is 18.0. The number of halogens is 1. The number of likely N-dealkylation sites (tertiary alicyclic amines) is 1. The number of amides is 1. The molecule has 0 bridgehead atoms. The van der Waals surface area contributed by atoms with E-state index in [1.807, 2.05) is 17.0 Å². The third-order valence-corrected chi connectivity index (χ3v) is 5.51. The van der Waals surface area contributed by atoms with E-state index in [-0.39, 0.29) is 5.91 Å². The maximum Gasteiger partial charge on any atom is 0.236 e. The van der Waals surface area contributed by atoms with Gasteiger partial charge in [-0.3, -0.25) is 9.69 Å². The second-order valence-corrected chi connectivity index (χ2v) is 7.40. The van der Waals surface area contributed by atoms with Crippen molar-refractivity contribution in [3.63, 3.8) is 0 Å². The van der Waals surface area contributed by atoms with Crippen LogP contribution >= 0.6 is 11.6 Å². The van der Waals surface area contributed by atoms with E-state index in [1.54, 1.807) is 6.07 Å². The molecule has 5 nitrogen and oxygen atoms in total. The van der Waals surface area contributed by atoms with Gasteiger partial charge in [0.1, 0.15) is 6.07 Å². The number of carbonyl (C=O) groups is 1. The molecule has 0 aliphatic carbocycles. The average Bonchev–Trinajstić information content (AvgIpc) is 2.62. The number of anilines is 1. The molecule has 2 saturated heterocycles. The number of nitrogens with zero attached hydrogens (tertiary/aromatic N) is 4. The molecule has 1 amide bonds. The van der Waals surface area contributed by atoms with Gasteiger partial charge in [0.05, 0.1) is 17.8 Å². The summed E-state index contributed by atoms with van der Waals surface area (Å²) in [5, 5.41) is 9.90. The molecular weight excluding hydrogens is 336 g/mol. The lowest BCUT2D eigenvalue weighted by molar-refractivity contribution is -0.135. The summed E-state index contributed by atoms with van der Waals surface area (Å²) in [5.74, 6) is 0.254. The maximum atomic E-state index is 12.6. The van der Waals surface area contributed by atoms with Crippen LogP contribution in [0.1, 0.15) is 31.7 Å². The Bertz CT molecular complexity index is 664. The van der Waals surface area contributed by atoms with E-state index in [0.29, 0.717) is 23.2 Å². The van der Waals surface area contributed by atoms with Crippen molar-refractivity contribution in [1.29, 1.82) is 5.26 Å². The number of hydrogen-bond acceptors (Lipinski definition) is 4. The van der Waals surface area contributed by atoms with Crippen molar-refractivity contribution >= 4 is 23.2 Å². The Morgan fingerprint density at radius 3 is 2.68 bits per heavy atom. The molecule has 2 fully saturated rings. The minimum Gasteiger partial charge on any atom is -0.368 e. The lowest BCUT2D eigenvalue weighted by Gasteiger charge is -2.38. The fourth-order valence-corrected chi connectivity index (χ4v) is 3.94. The Labute approximate surface area is 154 Å². The largest absolute Gasteiger partial charge is 0.368 e. The molecule has 0 saturated carbocycles. The first-order chi connectivity index (χ1) is 12.1. The van der Waals surface area contributed by atoms with Crippen LogP contribution in [0.4, 0.5) is 5.69 Å². The van der Waals surface area contributed by atoms with Crippen molar-refractivity contribution in [2.24, 2.45) is 0 Å². The topological polar surface area (TPSA) is 50.6 Å². The number of piperidine rings is 1. The summed E-state index contributed by atoms with van der Waals surface area (Å²) in [6.07, 6.45) is 3.47. The van der Waals surface area contributed by atoms with Crippen molar-refractivity contribution in [2.45, 2.75) is 32.2 Å². The fraction of sp³-hybridized carbons (Fsp3) is 0.579. The summed E-state index contributed by atoms with van der Waals surface area (Å²) in [6.45, 7) is 6.86. The molecule has 25 heavy (non-hydrogen) atoms. The molecule has 1 aromatic carbocycles. The van der Waals surface area contributed by atoms with Crippen LogP contribution in [0.5, 0.6) is 0 Å². The molecule has 1 unspecified atom stereocenters. The highest BCUT2D eigenvalue weighted by molar-refractivity contribution is 6.30. The number of rotatable bonds is 3. The van der Waals surface area contributed by atoms with Gasteiger partial charge in [0, 0.05) is 43.8 Å².